The van der Waals surface area contributed by atoms with Crippen LogP contribution in [0.15, 0.2) is 30.0 Å². The summed E-state index contributed by atoms with van der Waals surface area (Å²) in [5.41, 5.74) is 1.60. The number of anilines is 1. The van der Waals surface area contributed by atoms with Crippen molar-refractivity contribution in [1.29, 1.82) is 5.26 Å². The van der Waals surface area contributed by atoms with E-state index in [0.717, 1.165) is 18.4 Å². The largest absolute Gasteiger partial charge is 0.387 e. The van der Waals surface area contributed by atoms with Gasteiger partial charge in [-0.3, -0.25) is 4.79 Å². The Bertz CT molecular complexity index is 626. The molecule has 0 unspecified atom stereocenters. The van der Waals surface area contributed by atoms with Gasteiger partial charge in [-0.2, -0.15) is 5.26 Å². The fourth-order valence-corrected chi connectivity index (χ4v) is 2.85. The van der Waals surface area contributed by atoms with Gasteiger partial charge in [-0.05, 0) is 37.5 Å². The quantitative estimate of drug-likeness (QED) is 0.491. The molecule has 122 valence electrons. The van der Waals surface area contributed by atoms with E-state index in [2.05, 4.69) is 10.6 Å². The number of benzene rings is 1. The number of carbonyl (C=O) groups excluding carboxylic acids is 1. The first-order valence-electron chi connectivity index (χ1n) is 8.04. The van der Waals surface area contributed by atoms with Crippen LogP contribution in [0.25, 0.3) is 0 Å². The maximum atomic E-state index is 12.2. The van der Waals surface area contributed by atoms with Gasteiger partial charge in [-0.1, -0.05) is 43.4 Å². The molecule has 0 aromatic heterocycles. The monoisotopic (exact) mass is 331 g/mol. The summed E-state index contributed by atoms with van der Waals surface area (Å²) in [6, 6.07) is 7.59. The SMILES string of the molecule is Cc1ccc(NC(=O)/C(C#N)=C\NC2CCCCCC2)cc1Cl. The Labute approximate surface area is 142 Å². The van der Waals surface area contributed by atoms with Crippen molar-refractivity contribution in [3.05, 3.63) is 40.6 Å². The molecule has 1 aromatic carbocycles. The summed E-state index contributed by atoms with van der Waals surface area (Å²) < 4.78 is 0. The summed E-state index contributed by atoms with van der Waals surface area (Å²) >= 11 is 6.05. The van der Waals surface area contributed by atoms with Crippen LogP contribution in [-0.2, 0) is 4.79 Å². The summed E-state index contributed by atoms with van der Waals surface area (Å²) in [6.45, 7) is 1.89. The average molecular weight is 332 g/mol. The van der Waals surface area contributed by atoms with Crippen molar-refractivity contribution >= 4 is 23.2 Å². The van der Waals surface area contributed by atoms with Crippen molar-refractivity contribution in [2.75, 3.05) is 5.32 Å². The van der Waals surface area contributed by atoms with Gasteiger partial charge in [0, 0.05) is 23.0 Å². The third kappa shape index (κ3) is 5.30. The zero-order chi connectivity index (χ0) is 16.7. The van der Waals surface area contributed by atoms with Crippen LogP contribution in [0.4, 0.5) is 5.69 Å². The van der Waals surface area contributed by atoms with Crippen LogP contribution in [0, 0.1) is 18.3 Å². The molecular formula is C18H22ClN3O. The number of nitrogens with zero attached hydrogens (tertiary/aromatic N) is 1. The molecule has 0 heterocycles. The van der Waals surface area contributed by atoms with Crippen LogP contribution < -0.4 is 10.6 Å². The lowest BCUT2D eigenvalue weighted by Crippen LogP contribution is -2.25. The normalized spacial score (nSPS) is 16.3. The highest BCUT2D eigenvalue weighted by Crippen LogP contribution is 2.20. The topological polar surface area (TPSA) is 64.9 Å². The first-order valence-corrected chi connectivity index (χ1v) is 8.42. The van der Waals surface area contributed by atoms with Crippen molar-refractivity contribution < 1.29 is 4.79 Å². The third-order valence-electron chi connectivity index (χ3n) is 4.11. The minimum atomic E-state index is -0.423. The molecule has 23 heavy (non-hydrogen) atoms. The number of amides is 1. The number of halogens is 1. The molecule has 1 fully saturated rings. The summed E-state index contributed by atoms with van der Waals surface area (Å²) in [4.78, 5) is 12.2. The van der Waals surface area contributed by atoms with E-state index in [1.165, 1.54) is 25.7 Å². The number of nitriles is 1. The smallest absolute Gasteiger partial charge is 0.267 e. The second-order valence-corrected chi connectivity index (χ2v) is 6.35. The lowest BCUT2D eigenvalue weighted by atomic mass is 10.1. The number of hydrogen-bond acceptors (Lipinski definition) is 3. The lowest BCUT2D eigenvalue weighted by Gasteiger charge is -2.14. The summed E-state index contributed by atoms with van der Waals surface area (Å²) in [6.07, 6.45) is 8.64. The van der Waals surface area contributed by atoms with Crippen LogP contribution in [0.5, 0.6) is 0 Å². The molecular weight excluding hydrogens is 310 g/mol. The molecule has 5 heteroatoms. The van der Waals surface area contributed by atoms with E-state index in [-0.39, 0.29) is 5.57 Å². The van der Waals surface area contributed by atoms with Crippen molar-refractivity contribution in [2.24, 2.45) is 0 Å². The molecule has 0 spiro atoms. The number of aryl methyl sites for hydroxylation is 1. The average Bonchev–Trinajstić information content (AvgIpc) is 2.80. The Morgan fingerprint density at radius 2 is 2.00 bits per heavy atom. The molecule has 1 aliphatic carbocycles. The van der Waals surface area contributed by atoms with Gasteiger partial charge in [0.2, 0.25) is 0 Å². The summed E-state index contributed by atoms with van der Waals surface area (Å²) in [5.74, 6) is -0.423. The van der Waals surface area contributed by atoms with Gasteiger partial charge in [-0.15, -0.1) is 0 Å². The lowest BCUT2D eigenvalue weighted by molar-refractivity contribution is -0.112. The van der Waals surface area contributed by atoms with Gasteiger partial charge in [0.15, 0.2) is 0 Å². The van der Waals surface area contributed by atoms with E-state index in [1.807, 2.05) is 19.1 Å². The van der Waals surface area contributed by atoms with Crippen LogP contribution in [-0.4, -0.2) is 11.9 Å². The maximum absolute atomic E-state index is 12.2. The van der Waals surface area contributed by atoms with Gasteiger partial charge in [0.1, 0.15) is 11.6 Å². The predicted molar refractivity (Wildman–Crippen MR) is 93.1 cm³/mol. The second-order valence-electron chi connectivity index (χ2n) is 5.94. The van der Waals surface area contributed by atoms with Gasteiger partial charge >= 0.3 is 0 Å². The Morgan fingerprint density at radius 1 is 1.30 bits per heavy atom. The first-order chi connectivity index (χ1) is 11.1. The highest BCUT2D eigenvalue weighted by atomic mass is 35.5. The molecule has 1 amide bonds. The van der Waals surface area contributed by atoms with E-state index < -0.39 is 5.91 Å². The predicted octanol–water partition coefficient (Wildman–Crippen LogP) is 4.31. The number of hydrogen-bond donors (Lipinski definition) is 2. The standard InChI is InChI=1S/C18H22ClN3O/c1-13-8-9-16(10-17(13)19)22-18(23)14(11-20)12-21-15-6-4-2-3-5-7-15/h8-10,12,15,21H,2-7H2,1H3,(H,22,23)/b14-12-. The van der Waals surface area contributed by atoms with Gasteiger partial charge in [-0.25, -0.2) is 0 Å². The Kier molecular flexibility index (Phi) is 6.49. The van der Waals surface area contributed by atoms with Crippen molar-refractivity contribution in [3.63, 3.8) is 0 Å². The minimum absolute atomic E-state index is 0.0749. The number of carbonyl (C=O) groups is 1. The molecule has 0 saturated heterocycles. The summed E-state index contributed by atoms with van der Waals surface area (Å²) in [5, 5.41) is 15.7. The second kappa shape index (κ2) is 8.59. The third-order valence-corrected chi connectivity index (χ3v) is 4.52. The zero-order valence-electron chi connectivity index (χ0n) is 13.4. The fourth-order valence-electron chi connectivity index (χ4n) is 2.66. The fraction of sp³-hybridized carbons (Fsp3) is 0.444. The van der Waals surface area contributed by atoms with Crippen LogP contribution in [0.1, 0.15) is 44.1 Å². The molecule has 0 radical (unpaired) electrons. The van der Waals surface area contributed by atoms with E-state index in [4.69, 9.17) is 11.6 Å². The Morgan fingerprint density at radius 3 is 2.61 bits per heavy atom. The van der Waals surface area contributed by atoms with E-state index in [0.29, 0.717) is 16.8 Å². The van der Waals surface area contributed by atoms with Gasteiger partial charge < -0.3 is 10.6 Å². The van der Waals surface area contributed by atoms with Gasteiger partial charge in [0.05, 0.1) is 0 Å². The van der Waals surface area contributed by atoms with Crippen LogP contribution in [0.2, 0.25) is 5.02 Å². The highest BCUT2D eigenvalue weighted by Gasteiger charge is 2.13. The summed E-state index contributed by atoms with van der Waals surface area (Å²) in [7, 11) is 0. The number of nitrogens with one attached hydrogen (secondary N) is 2. The van der Waals surface area contributed by atoms with E-state index in [9.17, 15) is 10.1 Å². The zero-order valence-corrected chi connectivity index (χ0v) is 14.1. The van der Waals surface area contributed by atoms with Crippen LogP contribution in [0.3, 0.4) is 0 Å². The van der Waals surface area contributed by atoms with E-state index in [1.54, 1.807) is 18.3 Å². The molecule has 1 aliphatic rings. The van der Waals surface area contributed by atoms with Gasteiger partial charge in [0.25, 0.3) is 5.91 Å². The van der Waals surface area contributed by atoms with E-state index >= 15 is 0 Å². The Balaban J connectivity index is 1.98. The molecule has 4 nitrogen and oxygen atoms in total. The van der Waals surface area contributed by atoms with Crippen molar-refractivity contribution in [2.45, 2.75) is 51.5 Å². The molecule has 2 N–H and O–H groups in total. The molecule has 2 rings (SSSR count). The molecule has 0 bridgehead atoms. The highest BCUT2D eigenvalue weighted by molar-refractivity contribution is 6.31. The Hall–Kier alpha value is -1.99. The molecule has 1 aromatic rings. The first kappa shape index (κ1) is 17.4. The molecule has 1 saturated carbocycles. The number of rotatable bonds is 4. The maximum Gasteiger partial charge on any atom is 0.267 e. The van der Waals surface area contributed by atoms with Crippen molar-refractivity contribution in [3.8, 4) is 6.07 Å². The molecule has 0 aliphatic heterocycles. The van der Waals surface area contributed by atoms with Crippen molar-refractivity contribution in [1.82, 2.24) is 5.32 Å². The molecule has 0 atom stereocenters. The van der Waals surface area contributed by atoms with Crippen LogP contribution >= 0.6 is 11.6 Å². The minimum Gasteiger partial charge on any atom is -0.387 e.